The van der Waals surface area contributed by atoms with Gasteiger partial charge < -0.3 is 9.47 Å². The zero-order valence-electron chi connectivity index (χ0n) is 26.1. The standard InChI is InChI=1S/C37H41F7O2/c1-2-3-4-5-23-6-8-24(9-7-23)26-12-16-31(32(39)18-26)27-13-17-30(33(40)19-27)25-10-14-28(15-11-25)37(43,44)46-29-20-34(41)36(45-22-38)35(42)21-29/h12-13,16-21,23-25,28H,2-11,14-15,22H2,1H3. The van der Waals surface area contributed by atoms with E-state index < -0.39 is 47.8 Å². The molecule has 0 unspecified atom stereocenters. The first-order valence-corrected chi connectivity index (χ1v) is 16.4. The number of hydrogen-bond acceptors (Lipinski definition) is 2. The predicted molar refractivity (Wildman–Crippen MR) is 164 cm³/mol. The van der Waals surface area contributed by atoms with Crippen molar-refractivity contribution in [1.29, 1.82) is 0 Å². The number of hydrogen-bond donors (Lipinski definition) is 0. The third-order valence-corrected chi connectivity index (χ3v) is 9.91. The first kappa shape index (κ1) is 34.1. The number of ether oxygens (including phenoxy) is 2. The van der Waals surface area contributed by atoms with Gasteiger partial charge in [0.1, 0.15) is 17.4 Å². The minimum absolute atomic E-state index is 0.0103. The van der Waals surface area contributed by atoms with E-state index in [0.717, 1.165) is 24.3 Å². The van der Waals surface area contributed by atoms with Crippen LogP contribution in [0.25, 0.3) is 11.1 Å². The van der Waals surface area contributed by atoms with Gasteiger partial charge in [-0.1, -0.05) is 56.9 Å². The van der Waals surface area contributed by atoms with Crippen molar-refractivity contribution >= 4 is 0 Å². The second kappa shape index (κ2) is 15.1. The summed E-state index contributed by atoms with van der Waals surface area (Å²) in [6.07, 6.45) is 6.23. The number of halogens is 7. The summed E-state index contributed by atoms with van der Waals surface area (Å²) in [6.45, 7) is 0.727. The van der Waals surface area contributed by atoms with Gasteiger partial charge in [-0.05, 0) is 97.9 Å². The van der Waals surface area contributed by atoms with Crippen molar-refractivity contribution in [2.45, 2.75) is 102 Å². The van der Waals surface area contributed by atoms with Gasteiger partial charge in [-0.25, -0.2) is 22.0 Å². The second-order valence-corrected chi connectivity index (χ2v) is 12.9. The van der Waals surface area contributed by atoms with Gasteiger partial charge in [0.05, 0.1) is 5.92 Å². The van der Waals surface area contributed by atoms with Gasteiger partial charge in [-0.2, -0.15) is 8.78 Å². The van der Waals surface area contributed by atoms with Gasteiger partial charge in [0.25, 0.3) is 0 Å². The zero-order valence-corrected chi connectivity index (χ0v) is 26.1. The lowest BCUT2D eigenvalue weighted by Gasteiger charge is -2.33. The lowest BCUT2D eigenvalue weighted by molar-refractivity contribution is -0.222. The summed E-state index contributed by atoms with van der Waals surface area (Å²) < 4.78 is 110. The summed E-state index contributed by atoms with van der Waals surface area (Å²) in [5, 5.41) is 0. The van der Waals surface area contributed by atoms with E-state index in [9.17, 15) is 22.0 Å². The molecule has 0 radical (unpaired) electrons. The molecule has 0 aromatic heterocycles. The molecule has 0 heterocycles. The quantitative estimate of drug-likeness (QED) is 0.143. The maximum atomic E-state index is 15.4. The molecular formula is C37H41F7O2. The average Bonchev–Trinajstić information content (AvgIpc) is 3.03. The molecule has 0 saturated heterocycles. The molecule has 0 spiro atoms. The highest BCUT2D eigenvalue weighted by Crippen LogP contribution is 2.45. The molecule has 2 aliphatic carbocycles. The fourth-order valence-electron chi connectivity index (χ4n) is 7.28. The largest absolute Gasteiger partial charge is 0.457 e. The third-order valence-electron chi connectivity index (χ3n) is 9.91. The maximum absolute atomic E-state index is 15.4. The van der Waals surface area contributed by atoms with Crippen molar-refractivity contribution in [2.75, 3.05) is 6.86 Å². The van der Waals surface area contributed by atoms with E-state index in [0.29, 0.717) is 34.7 Å². The Labute approximate surface area is 266 Å². The van der Waals surface area contributed by atoms with Crippen LogP contribution in [0.1, 0.15) is 107 Å². The first-order chi connectivity index (χ1) is 22.1. The summed E-state index contributed by atoms with van der Waals surface area (Å²) in [7, 11) is 0. The van der Waals surface area contributed by atoms with E-state index in [4.69, 9.17) is 0 Å². The van der Waals surface area contributed by atoms with E-state index in [2.05, 4.69) is 16.4 Å². The number of alkyl halides is 3. The number of unbranched alkanes of at least 4 members (excludes halogenated alkanes) is 2. The molecule has 2 fully saturated rings. The van der Waals surface area contributed by atoms with Crippen LogP contribution in [0.4, 0.5) is 30.7 Å². The molecule has 0 N–H and O–H groups in total. The Bertz CT molecular complexity index is 1440. The van der Waals surface area contributed by atoms with E-state index in [-0.39, 0.29) is 37.4 Å². The zero-order chi connectivity index (χ0) is 32.8. The molecule has 0 atom stereocenters. The Morgan fingerprint density at radius 2 is 1.39 bits per heavy atom. The highest BCUT2D eigenvalue weighted by molar-refractivity contribution is 5.65. The lowest BCUT2D eigenvalue weighted by Crippen LogP contribution is -2.37. The highest BCUT2D eigenvalue weighted by Gasteiger charge is 2.44. The van der Waals surface area contributed by atoms with Crippen LogP contribution in [0, 0.1) is 35.1 Å². The Hall–Kier alpha value is -3.23. The van der Waals surface area contributed by atoms with Gasteiger partial charge in [0, 0.05) is 17.7 Å². The molecule has 3 aromatic carbocycles. The van der Waals surface area contributed by atoms with E-state index in [1.165, 1.54) is 44.6 Å². The van der Waals surface area contributed by atoms with E-state index in [1.54, 1.807) is 24.3 Å². The number of benzene rings is 3. The Kier molecular flexibility index (Phi) is 11.2. The van der Waals surface area contributed by atoms with Gasteiger partial charge in [-0.3, -0.25) is 0 Å². The van der Waals surface area contributed by atoms with Crippen molar-refractivity contribution in [3.63, 3.8) is 0 Å². The topological polar surface area (TPSA) is 18.5 Å². The molecule has 5 rings (SSSR count). The van der Waals surface area contributed by atoms with Crippen LogP contribution >= 0.6 is 0 Å². The highest BCUT2D eigenvalue weighted by atomic mass is 19.3. The second-order valence-electron chi connectivity index (χ2n) is 12.9. The molecule has 9 heteroatoms. The molecule has 0 amide bonds. The van der Waals surface area contributed by atoms with Crippen LogP contribution in [-0.4, -0.2) is 13.0 Å². The first-order valence-electron chi connectivity index (χ1n) is 16.4. The molecule has 2 aliphatic rings. The molecular weight excluding hydrogens is 609 g/mol. The van der Waals surface area contributed by atoms with Crippen molar-refractivity contribution in [1.82, 2.24) is 0 Å². The SMILES string of the molecule is CCCCCC1CCC(c2ccc(-c3ccc(C4CCC(C(F)(F)Oc5cc(F)c(OCF)c(F)c5)CC4)c(F)c3)c(F)c2)CC1. The molecule has 2 saturated carbocycles. The van der Waals surface area contributed by atoms with Gasteiger partial charge in [-0.15, -0.1) is 0 Å². The maximum Gasteiger partial charge on any atom is 0.400 e. The van der Waals surface area contributed by atoms with Crippen molar-refractivity contribution in [3.8, 4) is 22.6 Å². The van der Waals surface area contributed by atoms with Crippen LogP contribution < -0.4 is 9.47 Å². The third kappa shape index (κ3) is 8.00. The normalized spacial score (nSPS) is 22.1. The van der Waals surface area contributed by atoms with E-state index in [1.807, 2.05) is 6.07 Å². The number of rotatable bonds is 12. The summed E-state index contributed by atoms with van der Waals surface area (Å²) >= 11 is 0. The van der Waals surface area contributed by atoms with Crippen LogP contribution in [-0.2, 0) is 0 Å². The fourth-order valence-corrected chi connectivity index (χ4v) is 7.28. The van der Waals surface area contributed by atoms with Crippen LogP contribution in [0.15, 0.2) is 48.5 Å². The van der Waals surface area contributed by atoms with Gasteiger partial charge in [0.2, 0.25) is 6.86 Å². The Morgan fingerprint density at radius 1 is 0.717 bits per heavy atom. The predicted octanol–water partition coefficient (Wildman–Crippen LogP) is 12.0. The van der Waals surface area contributed by atoms with Crippen LogP contribution in [0.3, 0.4) is 0 Å². The Balaban J connectivity index is 1.18. The summed E-state index contributed by atoms with van der Waals surface area (Å²) in [5.41, 5.74) is 2.11. The lowest BCUT2D eigenvalue weighted by atomic mass is 9.76. The summed E-state index contributed by atoms with van der Waals surface area (Å²) in [5.74, 6) is -5.88. The van der Waals surface area contributed by atoms with Crippen LogP contribution in [0.2, 0.25) is 0 Å². The van der Waals surface area contributed by atoms with E-state index >= 15 is 8.78 Å². The molecule has 46 heavy (non-hydrogen) atoms. The monoisotopic (exact) mass is 650 g/mol. The minimum atomic E-state index is -3.74. The van der Waals surface area contributed by atoms with Crippen molar-refractivity contribution in [3.05, 3.63) is 82.9 Å². The average molecular weight is 651 g/mol. The Morgan fingerprint density at radius 3 is 2.00 bits per heavy atom. The smallest absolute Gasteiger partial charge is 0.400 e. The molecule has 250 valence electrons. The summed E-state index contributed by atoms with van der Waals surface area (Å²) in [4.78, 5) is 0. The minimum Gasteiger partial charge on any atom is -0.457 e. The molecule has 2 nitrogen and oxygen atoms in total. The van der Waals surface area contributed by atoms with Gasteiger partial charge in [0.15, 0.2) is 17.4 Å². The van der Waals surface area contributed by atoms with Crippen molar-refractivity contribution in [2.24, 2.45) is 11.8 Å². The van der Waals surface area contributed by atoms with Crippen LogP contribution in [0.5, 0.6) is 11.5 Å². The molecule has 0 bridgehead atoms. The molecule has 0 aliphatic heterocycles. The summed E-state index contributed by atoms with van der Waals surface area (Å²) in [6, 6.07) is 10.9. The fraction of sp³-hybridized carbons (Fsp3) is 0.514. The van der Waals surface area contributed by atoms with Crippen molar-refractivity contribution < 1.29 is 40.2 Å². The van der Waals surface area contributed by atoms with Gasteiger partial charge >= 0.3 is 6.11 Å². The molecule has 3 aromatic rings.